The molecule has 1 aromatic heterocycles. The summed E-state index contributed by atoms with van der Waals surface area (Å²) in [5.74, 6) is 3.99. The minimum Gasteiger partial charge on any atom is -0.484 e. The van der Waals surface area contributed by atoms with Crippen molar-refractivity contribution in [3.8, 4) is 18.1 Å². The maximum atomic E-state index is 11.8. The van der Waals surface area contributed by atoms with Gasteiger partial charge in [-0.1, -0.05) is 36.3 Å². The van der Waals surface area contributed by atoms with E-state index in [0.717, 1.165) is 40.0 Å². The summed E-state index contributed by atoms with van der Waals surface area (Å²) in [5.41, 5.74) is 3.73. The lowest BCUT2D eigenvalue weighted by atomic mass is 9.96. The van der Waals surface area contributed by atoms with E-state index < -0.39 is 0 Å². The number of terminal acetylenes is 1. The van der Waals surface area contributed by atoms with Gasteiger partial charge in [0.25, 0.3) is 5.91 Å². The standard InChI is InChI=1S/C26H22N6O2/c1-2-12-27-24(33)16-34-20-7-5-6-17(14-20)25-30-23-9-4-3-8-21(23)26(31-25)29-19-10-11-22-18(13-19)15-28-32-22/h1,3-8,10-11,13-15,23H,9,12,16H2,(H,27,33)(H,28,32)(H,29,30,31). The van der Waals surface area contributed by atoms with Gasteiger partial charge in [0.2, 0.25) is 0 Å². The van der Waals surface area contributed by atoms with Crippen LogP contribution in [0.4, 0.5) is 5.69 Å². The van der Waals surface area contributed by atoms with Crippen molar-refractivity contribution in [2.75, 3.05) is 18.5 Å². The number of carbonyl (C=O) groups is 1. The van der Waals surface area contributed by atoms with Crippen LogP contribution < -0.4 is 15.4 Å². The van der Waals surface area contributed by atoms with Gasteiger partial charge in [0, 0.05) is 22.2 Å². The number of aromatic nitrogens is 2. The van der Waals surface area contributed by atoms with Gasteiger partial charge in [-0.25, -0.2) is 4.99 Å². The zero-order valence-electron chi connectivity index (χ0n) is 18.3. The molecule has 8 nitrogen and oxygen atoms in total. The lowest BCUT2D eigenvalue weighted by molar-refractivity contribution is -0.122. The molecule has 3 aromatic rings. The van der Waals surface area contributed by atoms with E-state index in [1.165, 1.54) is 0 Å². The Labute approximate surface area is 196 Å². The van der Waals surface area contributed by atoms with E-state index in [1.807, 2.05) is 48.6 Å². The van der Waals surface area contributed by atoms with Crippen LogP contribution in [0.1, 0.15) is 12.0 Å². The number of amidine groups is 2. The topological polar surface area (TPSA) is 104 Å². The fourth-order valence-corrected chi connectivity index (χ4v) is 3.79. The first kappa shape index (κ1) is 21.2. The highest BCUT2D eigenvalue weighted by molar-refractivity contribution is 6.19. The summed E-state index contributed by atoms with van der Waals surface area (Å²) in [6.07, 6.45) is 13.9. The smallest absolute Gasteiger partial charge is 0.258 e. The first-order chi connectivity index (χ1) is 16.7. The average Bonchev–Trinajstić information content (AvgIpc) is 3.34. The maximum absolute atomic E-state index is 11.8. The molecule has 0 bridgehead atoms. The number of carbonyl (C=O) groups excluding carboxylic acids is 1. The van der Waals surface area contributed by atoms with E-state index in [4.69, 9.17) is 21.1 Å². The normalized spacial score (nSPS) is 16.6. The van der Waals surface area contributed by atoms with Crippen LogP contribution in [0.5, 0.6) is 5.75 Å². The van der Waals surface area contributed by atoms with Crippen molar-refractivity contribution in [1.29, 1.82) is 0 Å². The molecule has 0 saturated heterocycles. The second-order valence-electron chi connectivity index (χ2n) is 7.81. The van der Waals surface area contributed by atoms with Crippen molar-refractivity contribution in [1.82, 2.24) is 15.5 Å². The number of nitrogens with one attached hydrogen (secondary N) is 3. The first-order valence-corrected chi connectivity index (χ1v) is 10.9. The molecule has 2 heterocycles. The number of aromatic amines is 1. The monoisotopic (exact) mass is 450 g/mol. The number of hydrogen-bond donors (Lipinski definition) is 3. The summed E-state index contributed by atoms with van der Waals surface area (Å²) in [7, 11) is 0. The van der Waals surface area contributed by atoms with E-state index in [1.54, 1.807) is 12.3 Å². The summed E-state index contributed by atoms with van der Waals surface area (Å²) >= 11 is 0. The number of nitrogens with zero attached hydrogens (tertiary/aromatic N) is 3. The molecule has 1 aliphatic carbocycles. The Morgan fingerprint density at radius 1 is 1.26 bits per heavy atom. The molecule has 2 aromatic carbocycles. The van der Waals surface area contributed by atoms with Crippen LogP contribution in [0.25, 0.3) is 10.9 Å². The third-order valence-corrected chi connectivity index (χ3v) is 5.45. The Bertz CT molecular complexity index is 1410. The molecular formula is C26H22N6O2. The molecule has 3 N–H and O–H groups in total. The van der Waals surface area contributed by atoms with Crippen LogP contribution in [-0.2, 0) is 4.79 Å². The van der Waals surface area contributed by atoms with Crippen LogP contribution in [0, 0.1) is 12.3 Å². The van der Waals surface area contributed by atoms with E-state index in [-0.39, 0.29) is 25.1 Å². The molecule has 1 atom stereocenters. The number of fused-ring (bicyclic) bond motifs is 2. The maximum Gasteiger partial charge on any atom is 0.258 e. The van der Waals surface area contributed by atoms with Crippen molar-refractivity contribution in [3.63, 3.8) is 0 Å². The summed E-state index contributed by atoms with van der Waals surface area (Å²) in [5, 5.41) is 14.1. The predicted molar refractivity (Wildman–Crippen MR) is 133 cm³/mol. The van der Waals surface area contributed by atoms with Gasteiger partial charge >= 0.3 is 0 Å². The summed E-state index contributed by atoms with van der Waals surface area (Å²) in [6.45, 7) is 0.0488. The quantitative estimate of drug-likeness (QED) is 0.502. The van der Waals surface area contributed by atoms with Gasteiger partial charge in [0.05, 0.1) is 24.3 Å². The first-order valence-electron chi connectivity index (χ1n) is 10.9. The molecule has 0 saturated carbocycles. The number of rotatable bonds is 6. The number of aliphatic imine (C=N–C) groups is 2. The second-order valence-corrected chi connectivity index (χ2v) is 7.81. The Morgan fingerprint density at radius 2 is 2.21 bits per heavy atom. The van der Waals surface area contributed by atoms with Crippen LogP contribution in [0.2, 0.25) is 0 Å². The van der Waals surface area contributed by atoms with Gasteiger partial charge in [0.15, 0.2) is 12.4 Å². The van der Waals surface area contributed by atoms with Gasteiger partial charge in [0.1, 0.15) is 11.6 Å². The van der Waals surface area contributed by atoms with E-state index in [0.29, 0.717) is 11.6 Å². The van der Waals surface area contributed by atoms with Gasteiger partial charge in [-0.05, 0) is 36.8 Å². The van der Waals surface area contributed by atoms with Crippen molar-refractivity contribution in [3.05, 3.63) is 78.0 Å². The number of benzene rings is 2. The summed E-state index contributed by atoms with van der Waals surface area (Å²) in [6, 6.07) is 13.4. The van der Waals surface area contributed by atoms with Crippen LogP contribution in [0.3, 0.4) is 0 Å². The molecule has 2 aliphatic rings. The minimum atomic E-state index is -0.277. The van der Waals surface area contributed by atoms with Crippen LogP contribution in [0.15, 0.2) is 82.4 Å². The summed E-state index contributed by atoms with van der Waals surface area (Å²) < 4.78 is 5.63. The molecule has 0 radical (unpaired) electrons. The zero-order chi connectivity index (χ0) is 23.3. The average molecular weight is 451 g/mol. The largest absolute Gasteiger partial charge is 0.484 e. The summed E-state index contributed by atoms with van der Waals surface area (Å²) in [4.78, 5) is 21.5. The van der Waals surface area contributed by atoms with Gasteiger partial charge < -0.3 is 15.4 Å². The molecule has 0 fully saturated rings. The van der Waals surface area contributed by atoms with Crippen LogP contribution in [-0.4, -0.2) is 47.0 Å². The fourth-order valence-electron chi connectivity index (χ4n) is 3.79. The lowest BCUT2D eigenvalue weighted by Gasteiger charge is -2.25. The molecular weight excluding hydrogens is 428 g/mol. The van der Waals surface area contributed by atoms with Crippen LogP contribution >= 0.6 is 0 Å². The third-order valence-electron chi connectivity index (χ3n) is 5.45. The minimum absolute atomic E-state index is 0.0308. The Morgan fingerprint density at radius 3 is 3.12 bits per heavy atom. The van der Waals surface area contributed by atoms with E-state index in [2.05, 4.69) is 32.8 Å². The Balaban J connectivity index is 1.40. The third kappa shape index (κ3) is 4.59. The highest BCUT2D eigenvalue weighted by Gasteiger charge is 2.25. The molecule has 1 unspecified atom stereocenters. The van der Waals surface area contributed by atoms with Crippen molar-refractivity contribution < 1.29 is 9.53 Å². The Hall–Kier alpha value is -4.64. The highest BCUT2D eigenvalue weighted by Crippen LogP contribution is 2.27. The SMILES string of the molecule is C#CCNC(=O)COc1cccc(C2=NC3CC=CC=C3C(Nc3ccc4[nH]ncc4c3)=N2)c1. The number of allylic oxidation sites excluding steroid dienone is 2. The van der Waals surface area contributed by atoms with Gasteiger partial charge in [-0.15, -0.1) is 6.42 Å². The molecule has 0 spiro atoms. The molecule has 34 heavy (non-hydrogen) atoms. The Kier molecular flexibility index (Phi) is 5.91. The van der Waals surface area contributed by atoms with Gasteiger partial charge in [-0.3, -0.25) is 14.9 Å². The second kappa shape index (κ2) is 9.46. The molecule has 5 rings (SSSR count). The van der Waals surface area contributed by atoms with E-state index >= 15 is 0 Å². The highest BCUT2D eigenvalue weighted by atomic mass is 16.5. The van der Waals surface area contributed by atoms with E-state index in [9.17, 15) is 4.79 Å². The number of ether oxygens (including phenoxy) is 1. The fraction of sp³-hybridized carbons (Fsp3) is 0.154. The molecule has 168 valence electrons. The zero-order valence-corrected chi connectivity index (χ0v) is 18.3. The van der Waals surface area contributed by atoms with Crippen molar-refractivity contribution in [2.45, 2.75) is 12.5 Å². The number of anilines is 1. The lowest BCUT2D eigenvalue weighted by Crippen LogP contribution is -2.30. The van der Waals surface area contributed by atoms with Gasteiger partial charge in [-0.2, -0.15) is 5.10 Å². The molecule has 1 aliphatic heterocycles. The number of amides is 1. The molecule has 8 heteroatoms. The molecule has 1 amide bonds. The van der Waals surface area contributed by atoms with Crippen molar-refractivity contribution >= 4 is 34.2 Å². The van der Waals surface area contributed by atoms with Crippen molar-refractivity contribution in [2.24, 2.45) is 9.98 Å². The predicted octanol–water partition coefficient (Wildman–Crippen LogP) is 3.22. The number of H-pyrrole nitrogens is 1. The number of hydrogen-bond acceptors (Lipinski definition) is 6.